The van der Waals surface area contributed by atoms with E-state index in [0.717, 1.165) is 22.0 Å². The first kappa shape index (κ1) is 16.8. The summed E-state index contributed by atoms with van der Waals surface area (Å²) < 4.78 is 1.83. The minimum atomic E-state index is 0.0507. The second kappa shape index (κ2) is 8.17. The van der Waals surface area contributed by atoms with Crippen molar-refractivity contribution in [2.24, 2.45) is 7.05 Å². The number of carbonyl (C=O) groups excluding carboxylic acids is 1. The third kappa shape index (κ3) is 4.49. The molecule has 2 aromatic heterocycles. The Balaban J connectivity index is 1.46. The SMILES string of the molecule is Cn1nc(-c2cccs2)cc1CNC(=O)CSCc1ccccc1. The third-order valence-corrected chi connectivity index (χ3v) is 5.46. The Morgan fingerprint density at radius 2 is 2.08 bits per heavy atom. The molecule has 2 heterocycles. The van der Waals surface area contributed by atoms with Crippen molar-refractivity contribution in [3.05, 3.63) is 65.2 Å². The Morgan fingerprint density at radius 1 is 1.25 bits per heavy atom. The van der Waals surface area contributed by atoms with Crippen molar-refractivity contribution in [3.63, 3.8) is 0 Å². The number of hydrogen-bond donors (Lipinski definition) is 1. The van der Waals surface area contributed by atoms with Gasteiger partial charge in [-0.1, -0.05) is 36.4 Å². The fourth-order valence-electron chi connectivity index (χ4n) is 2.29. The summed E-state index contributed by atoms with van der Waals surface area (Å²) in [4.78, 5) is 13.1. The average Bonchev–Trinajstić information content (AvgIpc) is 3.23. The van der Waals surface area contributed by atoms with Crippen molar-refractivity contribution < 1.29 is 4.79 Å². The molecule has 4 nitrogen and oxygen atoms in total. The molecule has 0 aliphatic carbocycles. The number of benzene rings is 1. The van der Waals surface area contributed by atoms with Crippen molar-refractivity contribution in [1.29, 1.82) is 0 Å². The van der Waals surface area contributed by atoms with Crippen LogP contribution in [0.1, 0.15) is 11.3 Å². The Bertz CT molecular complexity index is 782. The fraction of sp³-hybridized carbons (Fsp3) is 0.222. The number of hydrogen-bond acceptors (Lipinski definition) is 4. The number of rotatable bonds is 7. The van der Waals surface area contributed by atoms with Gasteiger partial charge in [0, 0.05) is 12.8 Å². The minimum Gasteiger partial charge on any atom is -0.350 e. The lowest BCUT2D eigenvalue weighted by Crippen LogP contribution is -2.25. The van der Waals surface area contributed by atoms with E-state index >= 15 is 0 Å². The van der Waals surface area contributed by atoms with E-state index in [4.69, 9.17) is 0 Å². The molecule has 3 aromatic rings. The number of carbonyl (C=O) groups is 1. The maximum atomic E-state index is 12.0. The van der Waals surface area contributed by atoms with Crippen LogP contribution < -0.4 is 5.32 Å². The zero-order valence-corrected chi connectivity index (χ0v) is 15.1. The molecule has 1 aromatic carbocycles. The monoisotopic (exact) mass is 357 g/mol. The number of aryl methyl sites for hydroxylation is 1. The Hall–Kier alpha value is -2.05. The van der Waals surface area contributed by atoms with Crippen LogP contribution in [-0.2, 0) is 24.1 Å². The predicted molar refractivity (Wildman–Crippen MR) is 101 cm³/mol. The predicted octanol–water partition coefficient (Wildman–Crippen LogP) is 3.70. The Kier molecular flexibility index (Phi) is 5.72. The summed E-state index contributed by atoms with van der Waals surface area (Å²) in [6, 6.07) is 16.3. The van der Waals surface area contributed by atoms with Crippen molar-refractivity contribution in [3.8, 4) is 10.6 Å². The largest absolute Gasteiger partial charge is 0.350 e. The summed E-state index contributed by atoms with van der Waals surface area (Å²) in [6.07, 6.45) is 0. The van der Waals surface area contributed by atoms with Gasteiger partial charge in [-0.25, -0.2) is 0 Å². The molecule has 0 aliphatic rings. The molecule has 0 unspecified atom stereocenters. The molecule has 0 aliphatic heterocycles. The van der Waals surface area contributed by atoms with Crippen LogP contribution in [0.3, 0.4) is 0 Å². The van der Waals surface area contributed by atoms with Crippen molar-refractivity contribution >= 4 is 29.0 Å². The number of nitrogens with zero attached hydrogens (tertiary/aromatic N) is 2. The molecular formula is C18H19N3OS2. The zero-order valence-electron chi connectivity index (χ0n) is 13.4. The van der Waals surface area contributed by atoms with Crippen molar-refractivity contribution in [1.82, 2.24) is 15.1 Å². The first-order chi connectivity index (χ1) is 11.7. The van der Waals surface area contributed by atoms with Crippen molar-refractivity contribution in [2.75, 3.05) is 5.75 Å². The van der Waals surface area contributed by atoms with Crippen LogP contribution in [0.25, 0.3) is 10.6 Å². The molecule has 0 saturated carbocycles. The van der Waals surface area contributed by atoms with Crippen LogP contribution in [0.2, 0.25) is 0 Å². The van der Waals surface area contributed by atoms with Gasteiger partial charge >= 0.3 is 0 Å². The molecule has 0 fully saturated rings. The maximum absolute atomic E-state index is 12.0. The molecular weight excluding hydrogens is 338 g/mol. The third-order valence-electron chi connectivity index (χ3n) is 3.56. The van der Waals surface area contributed by atoms with E-state index in [1.54, 1.807) is 23.1 Å². The molecule has 6 heteroatoms. The lowest BCUT2D eigenvalue weighted by atomic mass is 10.2. The summed E-state index contributed by atoms with van der Waals surface area (Å²) in [7, 11) is 1.91. The quantitative estimate of drug-likeness (QED) is 0.701. The van der Waals surface area contributed by atoms with Crippen LogP contribution >= 0.6 is 23.1 Å². The topological polar surface area (TPSA) is 46.9 Å². The first-order valence-corrected chi connectivity index (χ1v) is 9.71. The lowest BCUT2D eigenvalue weighted by Gasteiger charge is -2.05. The summed E-state index contributed by atoms with van der Waals surface area (Å²) >= 11 is 3.29. The van der Waals surface area contributed by atoms with Gasteiger partial charge in [0.05, 0.1) is 22.9 Å². The van der Waals surface area contributed by atoms with Gasteiger partial charge in [0.15, 0.2) is 0 Å². The number of aromatic nitrogens is 2. The van der Waals surface area contributed by atoms with Crippen LogP contribution in [0, 0.1) is 0 Å². The van der Waals surface area contributed by atoms with E-state index in [9.17, 15) is 4.79 Å². The molecule has 0 bridgehead atoms. The van der Waals surface area contributed by atoms with Gasteiger partial charge in [-0.3, -0.25) is 9.48 Å². The van der Waals surface area contributed by atoms with Crippen LogP contribution in [0.4, 0.5) is 0 Å². The Labute approximate surface area is 149 Å². The van der Waals surface area contributed by atoms with Gasteiger partial charge in [0.25, 0.3) is 0 Å². The standard InChI is InChI=1S/C18H19N3OS2/c1-21-15(10-16(20-21)17-8-5-9-24-17)11-19-18(22)13-23-12-14-6-3-2-4-7-14/h2-10H,11-13H2,1H3,(H,19,22). The van der Waals surface area contributed by atoms with E-state index in [0.29, 0.717) is 12.3 Å². The second-order valence-electron chi connectivity index (χ2n) is 5.38. The number of amides is 1. The molecule has 124 valence electrons. The smallest absolute Gasteiger partial charge is 0.230 e. The van der Waals surface area contributed by atoms with Crippen molar-refractivity contribution in [2.45, 2.75) is 12.3 Å². The average molecular weight is 358 g/mol. The van der Waals surface area contributed by atoms with E-state index in [1.807, 2.05) is 47.4 Å². The van der Waals surface area contributed by atoms with Crippen LogP contribution in [-0.4, -0.2) is 21.4 Å². The highest BCUT2D eigenvalue weighted by atomic mass is 32.2. The molecule has 1 N–H and O–H groups in total. The van der Waals surface area contributed by atoms with Crippen LogP contribution in [0.15, 0.2) is 53.9 Å². The number of thiophene rings is 1. The maximum Gasteiger partial charge on any atom is 0.230 e. The van der Waals surface area contributed by atoms with Gasteiger partial charge in [0.2, 0.25) is 5.91 Å². The van der Waals surface area contributed by atoms with E-state index in [1.165, 1.54) is 5.56 Å². The molecule has 3 rings (SSSR count). The summed E-state index contributed by atoms with van der Waals surface area (Å²) in [6.45, 7) is 0.500. The molecule has 0 radical (unpaired) electrons. The highest BCUT2D eigenvalue weighted by Gasteiger charge is 2.09. The first-order valence-electron chi connectivity index (χ1n) is 7.67. The fourth-order valence-corrected chi connectivity index (χ4v) is 3.79. The molecule has 0 saturated heterocycles. The van der Waals surface area contributed by atoms with Crippen LogP contribution in [0.5, 0.6) is 0 Å². The minimum absolute atomic E-state index is 0.0507. The Morgan fingerprint density at radius 3 is 2.83 bits per heavy atom. The highest BCUT2D eigenvalue weighted by Crippen LogP contribution is 2.23. The number of nitrogens with one attached hydrogen (secondary N) is 1. The summed E-state index contributed by atoms with van der Waals surface area (Å²) in [5, 5.41) is 9.51. The van der Waals surface area contributed by atoms with Gasteiger partial charge in [-0.2, -0.15) is 5.10 Å². The van der Waals surface area contributed by atoms with Gasteiger partial charge < -0.3 is 5.32 Å². The van der Waals surface area contributed by atoms with Gasteiger partial charge in [-0.05, 0) is 23.1 Å². The molecule has 1 amide bonds. The molecule has 0 atom stereocenters. The normalized spacial score (nSPS) is 10.7. The summed E-state index contributed by atoms with van der Waals surface area (Å²) in [5.41, 5.74) is 3.19. The van der Waals surface area contributed by atoms with Gasteiger partial charge in [-0.15, -0.1) is 23.1 Å². The van der Waals surface area contributed by atoms with E-state index in [-0.39, 0.29) is 5.91 Å². The molecule has 0 spiro atoms. The van der Waals surface area contributed by atoms with E-state index < -0.39 is 0 Å². The summed E-state index contributed by atoms with van der Waals surface area (Å²) in [5.74, 6) is 1.36. The lowest BCUT2D eigenvalue weighted by molar-refractivity contribution is -0.118. The zero-order chi connectivity index (χ0) is 16.8. The van der Waals surface area contributed by atoms with E-state index in [2.05, 4.69) is 28.6 Å². The highest BCUT2D eigenvalue weighted by molar-refractivity contribution is 7.99. The second-order valence-corrected chi connectivity index (χ2v) is 7.31. The molecule has 24 heavy (non-hydrogen) atoms. The number of thioether (sulfide) groups is 1. The van der Waals surface area contributed by atoms with Gasteiger partial charge in [0.1, 0.15) is 5.69 Å².